The average Bonchev–Trinajstić information content (AvgIpc) is 1.73. The van der Waals surface area contributed by atoms with Gasteiger partial charge in [-0.05, 0) is 262 Å². The summed E-state index contributed by atoms with van der Waals surface area (Å²) in [4.78, 5) is 28.9. The van der Waals surface area contributed by atoms with Crippen LogP contribution in [0.1, 0.15) is 362 Å². The molecule has 21 rings (SSSR count). The molecule has 5 fully saturated rings. The Labute approximate surface area is 842 Å². The van der Waals surface area contributed by atoms with Crippen LogP contribution < -0.4 is 0 Å². The maximum Gasteiger partial charge on any atom is 0.406 e. The van der Waals surface area contributed by atoms with Gasteiger partial charge in [0, 0.05) is 187 Å². The molecule has 41 heteroatoms. The summed E-state index contributed by atoms with van der Waals surface area (Å²) in [5.74, 6) is 14.2. The molecule has 0 bridgehead atoms. The number of hydrogen-bond acceptors (Lipinski definition) is 23. The minimum Gasteiger partial charge on any atom is -0.446 e. The van der Waals surface area contributed by atoms with Gasteiger partial charge in [-0.1, -0.05) is 46.0 Å². The van der Waals surface area contributed by atoms with Gasteiger partial charge in [0.25, 0.3) is 0 Å². The Morgan fingerprint density at radius 1 is 0.392 bits per heavy atom. The second kappa shape index (κ2) is 57.5. The van der Waals surface area contributed by atoms with Gasteiger partial charge in [-0.3, -0.25) is 0 Å². The van der Waals surface area contributed by atoms with Crippen LogP contribution in [0.15, 0.2) is 104 Å². The molecule has 0 unspecified atom stereocenters. The minimum absolute atomic E-state index is 0.0186. The number of halogens is 5. The third-order valence-corrected chi connectivity index (χ3v) is 26.2. The molecule has 788 valence electrons. The van der Waals surface area contributed by atoms with Crippen LogP contribution in [0.25, 0.3) is 0 Å². The number of nitrogens with zero attached hydrogens (tertiary/aromatic N) is 34. The normalized spacial score (nSPS) is 15.4. The van der Waals surface area contributed by atoms with Gasteiger partial charge in [0.1, 0.15) is 131 Å². The van der Waals surface area contributed by atoms with Gasteiger partial charge in [0.05, 0.1) is 6.20 Å². The van der Waals surface area contributed by atoms with Gasteiger partial charge < -0.3 is 68.5 Å². The lowest BCUT2D eigenvalue weighted by atomic mass is 9.92. The van der Waals surface area contributed by atoms with Crippen LogP contribution in [0.2, 0.25) is 0 Å². The third-order valence-electron chi connectivity index (χ3n) is 26.2. The summed E-state index contributed by atoms with van der Waals surface area (Å²) in [6.07, 6.45) is 51.9. The van der Waals surface area contributed by atoms with Gasteiger partial charge in [0.15, 0.2) is 5.89 Å². The number of fused-ring (bicyclic) bond motifs is 2. The summed E-state index contributed by atoms with van der Waals surface area (Å²) in [6, 6.07) is 4.49. The van der Waals surface area contributed by atoms with Crippen molar-refractivity contribution in [2.45, 2.75) is 420 Å². The van der Waals surface area contributed by atoms with E-state index in [-0.39, 0.29) is 30.2 Å². The van der Waals surface area contributed by atoms with Crippen LogP contribution >= 0.6 is 0 Å². The van der Waals surface area contributed by atoms with Crippen LogP contribution in [0, 0.1) is 118 Å². The molecule has 14 aromatic heterocycles. The van der Waals surface area contributed by atoms with E-state index in [4.69, 9.17) is 9.15 Å². The van der Waals surface area contributed by atoms with Crippen LogP contribution in [0.3, 0.4) is 0 Å². The second-order valence-electron chi connectivity index (χ2n) is 39.0. The summed E-state index contributed by atoms with van der Waals surface area (Å²) in [5.41, 5.74) is 2.80. The fourth-order valence-electron chi connectivity index (χ4n) is 17.9. The zero-order valence-electron chi connectivity index (χ0n) is 90.3. The zero-order valence-corrected chi connectivity index (χ0v) is 90.3. The number of aryl methyl sites for hydroxylation is 19. The van der Waals surface area contributed by atoms with E-state index < -0.39 is 18.6 Å². The lowest BCUT2D eigenvalue weighted by Gasteiger charge is -2.29. The molecular formula is C102H163F5N34O2. The maximum absolute atomic E-state index is 12.9. The molecule has 0 amide bonds. The van der Waals surface area contributed by atoms with Crippen molar-refractivity contribution in [1.82, 2.24) is 166 Å². The van der Waals surface area contributed by atoms with Gasteiger partial charge in [0.2, 0.25) is 5.92 Å². The topological polar surface area (TPSA) is 357 Å². The molecule has 0 spiro atoms. The molecule has 1 saturated heterocycles. The van der Waals surface area contributed by atoms with E-state index >= 15 is 0 Å². The van der Waals surface area contributed by atoms with Crippen molar-refractivity contribution in [3.8, 4) is 0 Å². The molecule has 7 aliphatic rings. The number of aromatic nitrogens is 34. The second-order valence-corrected chi connectivity index (χ2v) is 39.0. The van der Waals surface area contributed by atoms with Crippen LogP contribution in [-0.2, 0) is 49.8 Å². The maximum atomic E-state index is 12.9. The molecule has 36 nitrogen and oxygen atoms in total. The Kier molecular flexibility index (Phi) is 46.8. The number of hydrogen-bond donors (Lipinski definition) is 0. The van der Waals surface area contributed by atoms with Crippen molar-refractivity contribution in [3.63, 3.8) is 0 Å². The molecule has 0 aromatic carbocycles. The summed E-state index contributed by atoms with van der Waals surface area (Å²) in [7, 11) is 2.01. The van der Waals surface area contributed by atoms with E-state index in [1.54, 1.807) is 18.9 Å². The Morgan fingerprint density at radius 3 is 1.20 bits per heavy atom. The molecule has 0 radical (unpaired) electrons. The van der Waals surface area contributed by atoms with Gasteiger partial charge >= 0.3 is 6.18 Å². The lowest BCUT2D eigenvalue weighted by molar-refractivity contribution is -0.141. The lowest BCUT2D eigenvalue weighted by Crippen LogP contribution is -2.26. The molecule has 0 N–H and O–H groups in total. The first-order valence-corrected chi connectivity index (χ1v) is 50.9. The van der Waals surface area contributed by atoms with E-state index in [9.17, 15) is 22.0 Å². The Morgan fingerprint density at radius 2 is 0.846 bits per heavy atom. The smallest absolute Gasteiger partial charge is 0.406 e. The fourth-order valence-corrected chi connectivity index (χ4v) is 17.9. The van der Waals surface area contributed by atoms with Crippen molar-refractivity contribution in [2.75, 3.05) is 13.2 Å². The predicted octanol–water partition coefficient (Wildman–Crippen LogP) is 21.9. The number of alkyl halides is 5. The van der Waals surface area contributed by atoms with Crippen molar-refractivity contribution < 1.29 is 31.1 Å². The van der Waals surface area contributed by atoms with Gasteiger partial charge in [-0.15, -0.1) is 71.4 Å². The first-order chi connectivity index (χ1) is 68.0. The van der Waals surface area contributed by atoms with E-state index in [0.717, 1.165) is 162 Å². The van der Waals surface area contributed by atoms with Crippen LogP contribution in [0.5, 0.6) is 0 Å². The zero-order chi connectivity index (χ0) is 105. The highest BCUT2D eigenvalue weighted by Crippen LogP contribution is 2.39. The summed E-state index contributed by atoms with van der Waals surface area (Å²) in [6.45, 7) is 55.7. The molecule has 14 aromatic rings. The van der Waals surface area contributed by atoms with E-state index in [1.807, 2.05) is 155 Å². The molecule has 4 aliphatic carbocycles. The monoisotopic (exact) mass is 1990 g/mol. The van der Waals surface area contributed by atoms with Crippen molar-refractivity contribution in [2.24, 2.45) is 7.05 Å². The van der Waals surface area contributed by atoms with E-state index in [2.05, 4.69) is 261 Å². The first-order valence-electron chi connectivity index (χ1n) is 50.9. The van der Waals surface area contributed by atoms with Crippen LogP contribution in [0.4, 0.5) is 22.0 Å². The van der Waals surface area contributed by atoms with E-state index in [1.165, 1.54) is 127 Å². The van der Waals surface area contributed by atoms with Crippen molar-refractivity contribution in [3.05, 3.63) is 210 Å². The Bertz CT molecular complexity index is 5650. The molecule has 4 saturated carbocycles. The number of rotatable bonds is 11. The Balaban J connectivity index is 0.000000189. The standard InChI is InChI=1S/C9H13F2N3.C9H15N3.C9H14N2O.C9H14N2.C8H15N3.C8H12N2.C8H14N2.C7H13N3.C7H10N2.C6H9N3.C6H11N3.C6H10N2.C5H6F3N3.C5H7NO/c1-7-13-12-6-14(7)8-2-4-9(10,11)5-3-8;1-8-11-10-7-12(8)9-5-3-2-4-6-9;1-8-10-4-5-11(8)9-2-6-12-7-3-9;1-8-10-6-7-11(8)9-4-2-3-5-9;1-4-8(5-2)11-6-9-10-7(11)3;1-7-9-6-8-4-2-3-5-10(7)8;1-7-9-5-6-10(7)8(2,3)4;1-5(2)10-6(3)8-9-7(10)4;1-6-8-4-5-9(6)7-2-3-7;1-5-7-8-6-3-2-4-9(5)6;1-5(2)9-4-7-8-6(9)3;1-5-4-7-6(2)8(5)3;1-4-10-9-3-11(4)2-5(6,7)8;1-4-3-6-5(2)7-4/h6,8H,2-5H2,1H3;7,9H,2-6H2,1H3;4-5,9H,2-3,6-7H2,1H3;6-7,9H,2-5H2,1H3;6,8H,4-5H2,1-3H3;6H,2-5H2,1H3;5-6H,1-4H3;5H,1-4H3;4-5,7H,2-3H2,1H3;2-4H2,1H3;4-5H,1-3H3;4H,1-3H3;3H,2H2,1H3;3H,1-2H3. The third kappa shape index (κ3) is 38.0. The average molecular weight is 1990 g/mol. The van der Waals surface area contributed by atoms with Crippen molar-refractivity contribution >= 4 is 0 Å². The molecule has 0 atom stereocenters. The highest BCUT2D eigenvalue weighted by molar-refractivity contribution is 5.07. The van der Waals surface area contributed by atoms with Crippen molar-refractivity contribution in [1.29, 1.82) is 0 Å². The van der Waals surface area contributed by atoms with E-state index in [0.29, 0.717) is 43.1 Å². The first kappa shape index (κ1) is 116. The SMILES string of the molecule is CCC(CC)n1cnnc1C.Cc1cnc(C)n1C.Cc1cnc(C)o1.Cc1ncc2n1CCCC2.Cc1nccn1C(C)(C)C.Cc1nccn1C1CC1.Cc1nccn1C1CCCC1.Cc1nccn1C1CCOCC1.Cc1nnc(C)n1C(C)C.Cc1nnc2n1CCC2.Cc1nncn1C(C)C.Cc1nncn1C1CCC(F)(F)CC1.Cc1nncn1C1CCCCC1.Cc1nncn1CC(F)(F)F. The fraction of sp³-hybridized carbons (Fsp3) is 0.657. The van der Waals surface area contributed by atoms with Crippen LogP contribution in [-0.4, -0.2) is 191 Å². The molecule has 3 aliphatic heterocycles. The minimum atomic E-state index is -4.20. The summed E-state index contributed by atoms with van der Waals surface area (Å²) < 4.78 is 98.1. The number of ether oxygens (including phenoxy) is 1. The van der Waals surface area contributed by atoms with Gasteiger partial charge in [-0.25, -0.2) is 43.7 Å². The summed E-state index contributed by atoms with van der Waals surface area (Å²) >= 11 is 0. The highest BCUT2D eigenvalue weighted by Gasteiger charge is 2.36. The number of oxazole rings is 1. The summed E-state index contributed by atoms with van der Waals surface area (Å²) in [5, 5.41) is 53.5. The highest BCUT2D eigenvalue weighted by atomic mass is 19.4. The Hall–Kier alpha value is -11.9. The van der Waals surface area contributed by atoms with Gasteiger partial charge in [-0.2, -0.15) is 13.2 Å². The molecule has 17 heterocycles. The molecular weight excluding hydrogens is 1830 g/mol. The predicted molar refractivity (Wildman–Crippen MR) is 544 cm³/mol. The quantitative estimate of drug-likeness (QED) is 0.109. The number of imidazole rings is 6. The largest absolute Gasteiger partial charge is 0.446 e. The molecule has 143 heavy (non-hydrogen) atoms.